The normalized spacial score (nSPS) is 13.2. The largest absolute Gasteiger partial charge is 0.240 e. The van der Waals surface area contributed by atoms with E-state index in [4.69, 9.17) is 0 Å². The van der Waals surface area contributed by atoms with Crippen LogP contribution in [-0.2, 0) is 16.4 Å². The lowest BCUT2D eigenvalue weighted by atomic mass is 10.00. The second-order valence-electron chi connectivity index (χ2n) is 6.02. The Bertz CT molecular complexity index is 508. The van der Waals surface area contributed by atoms with E-state index in [0.717, 1.165) is 44.9 Å². The summed E-state index contributed by atoms with van der Waals surface area (Å²) in [6.07, 6.45) is 7.72. The van der Waals surface area contributed by atoms with Gasteiger partial charge >= 0.3 is 0 Å². The van der Waals surface area contributed by atoms with Crippen LogP contribution in [0.3, 0.4) is 0 Å². The Morgan fingerprint density at radius 3 is 2.18 bits per heavy atom. The molecule has 126 valence electrons. The van der Waals surface area contributed by atoms with Crippen molar-refractivity contribution < 1.29 is 8.42 Å². The molecule has 22 heavy (non-hydrogen) atoms. The lowest BCUT2D eigenvalue weighted by Gasteiger charge is -2.15. The van der Waals surface area contributed by atoms with Crippen molar-refractivity contribution >= 4 is 10.0 Å². The quantitative estimate of drug-likeness (QED) is 0.650. The number of unbranched alkanes of at least 4 members (excludes halogenated alkanes) is 2. The van der Waals surface area contributed by atoms with E-state index >= 15 is 0 Å². The van der Waals surface area contributed by atoms with Crippen LogP contribution < -0.4 is 4.72 Å². The predicted octanol–water partition coefficient (Wildman–Crippen LogP) is 4.52. The van der Waals surface area contributed by atoms with Crippen LogP contribution >= 0.6 is 0 Å². The number of hydrogen-bond donors (Lipinski definition) is 1. The number of aryl methyl sites for hydroxylation is 1. The van der Waals surface area contributed by atoms with Gasteiger partial charge in [-0.05, 0) is 42.9 Å². The van der Waals surface area contributed by atoms with Crippen LogP contribution in [0.4, 0.5) is 0 Å². The zero-order valence-corrected chi connectivity index (χ0v) is 15.1. The molecule has 0 aliphatic rings. The van der Waals surface area contributed by atoms with Gasteiger partial charge in [0, 0.05) is 6.54 Å². The summed E-state index contributed by atoms with van der Waals surface area (Å²) in [7, 11) is -3.38. The number of benzene rings is 1. The lowest BCUT2D eigenvalue weighted by molar-refractivity contribution is 0.444. The number of hydrogen-bond acceptors (Lipinski definition) is 2. The fraction of sp³-hybridized carbons (Fsp3) is 0.667. The molecule has 1 aromatic carbocycles. The fourth-order valence-corrected chi connectivity index (χ4v) is 3.59. The van der Waals surface area contributed by atoms with Gasteiger partial charge in [-0.2, -0.15) is 0 Å². The fourth-order valence-electron chi connectivity index (χ4n) is 2.47. The number of sulfonamides is 1. The number of rotatable bonds is 11. The van der Waals surface area contributed by atoms with Crippen molar-refractivity contribution in [3.8, 4) is 0 Å². The van der Waals surface area contributed by atoms with E-state index in [1.807, 2.05) is 12.1 Å². The van der Waals surface area contributed by atoms with E-state index in [2.05, 4.69) is 25.5 Å². The summed E-state index contributed by atoms with van der Waals surface area (Å²) in [6.45, 7) is 6.98. The van der Waals surface area contributed by atoms with Gasteiger partial charge in [0.15, 0.2) is 0 Å². The molecule has 0 aliphatic carbocycles. The van der Waals surface area contributed by atoms with Gasteiger partial charge in [0.2, 0.25) is 10.0 Å². The molecule has 0 amide bonds. The van der Waals surface area contributed by atoms with Crippen LogP contribution in [0.15, 0.2) is 29.2 Å². The Hall–Kier alpha value is -0.870. The van der Waals surface area contributed by atoms with Crippen LogP contribution in [0, 0.1) is 5.92 Å². The van der Waals surface area contributed by atoms with Crippen molar-refractivity contribution in [3.63, 3.8) is 0 Å². The molecule has 0 saturated carbocycles. The Morgan fingerprint density at radius 1 is 1.00 bits per heavy atom. The molecule has 1 N–H and O–H groups in total. The molecule has 1 atom stereocenters. The third-order valence-electron chi connectivity index (χ3n) is 4.16. The van der Waals surface area contributed by atoms with Gasteiger partial charge in [0.1, 0.15) is 0 Å². The van der Waals surface area contributed by atoms with Crippen molar-refractivity contribution in [2.24, 2.45) is 5.92 Å². The molecule has 0 aromatic heterocycles. The highest BCUT2D eigenvalue weighted by Gasteiger charge is 2.16. The summed E-state index contributed by atoms with van der Waals surface area (Å²) < 4.78 is 27.5. The highest BCUT2D eigenvalue weighted by Crippen LogP contribution is 2.15. The van der Waals surface area contributed by atoms with Crippen molar-refractivity contribution in [1.29, 1.82) is 0 Å². The summed E-state index contributed by atoms with van der Waals surface area (Å²) in [5, 5.41) is 0. The maximum Gasteiger partial charge on any atom is 0.240 e. The highest BCUT2D eigenvalue weighted by molar-refractivity contribution is 7.89. The van der Waals surface area contributed by atoms with Gasteiger partial charge < -0.3 is 0 Å². The molecule has 1 aromatic rings. The summed E-state index contributed by atoms with van der Waals surface area (Å²) in [6, 6.07) is 7.30. The molecule has 0 fully saturated rings. The zero-order valence-electron chi connectivity index (χ0n) is 14.3. The van der Waals surface area contributed by atoms with Crippen LogP contribution in [0.25, 0.3) is 0 Å². The second-order valence-corrected chi connectivity index (χ2v) is 7.78. The van der Waals surface area contributed by atoms with Gasteiger partial charge in [-0.15, -0.1) is 0 Å². The van der Waals surface area contributed by atoms with Crippen molar-refractivity contribution in [3.05, 3.63) is 29.8 Å². The molecule has 0 bridgehead atoms. The minimum absolute atomic E-state index is 0.373. The molecule has 0 aliphatic heterocycles. The van der Waals surface area contributed by atoms with Gasteiger partial charge in [0.25, 0.3) is 0 Å². The Morgan fingerprint density at radius 2 is 1.64 bits per heavy atom. The summed E-state index contributed by atoms with van der Waals surface area (Å²) in [5.41, 5.74) is 1.20. The first-order valence-electron chi connectivity index (χ1n) is 8.62. The third kappa shape index (κ3) is 6.49. The summed E-state index contributed by atoms with van der Waals surface area (Å²) in [5.74, 6) is 0.429. The van der Waals surface area contributed by atoms with Gasteiger partial charge in [-0.3, -0.25) is 0 Å². The van der Waals surface area contributed by atoms with Crippen molar-refractivity contribution in [2.45, 2.75) is 70.6 Å². The van der Waals surface area contributed by atoms with Crippen LogP contribution in [0.2, 0.25) is 0 Å². The molecular formula is C18H31NO2S. The van der Waals surface area contributed by atoms with Crippen LogP contribution in [0.1, 0.15) is 64.9 Å². The van der Waals surface area contributed by atoms with E-state index in [-0.39, 0.29) is 0 Å². The predicted molar refractivity (Wildman–Crippen MR) is 93.5 cm³/mol. The average Bonchev–Trinajstić information content (AvgIpc) is 2.53. The van der Waals surface area contributed by atoms with Gasteiger partial charge in [-0.1, -0.05) is 58.6 Å². The van der Waals surface area contributed by atoms with E-state index in [0.29, 0.717) is 17.4 Å². The summed E-state index contributed by atoms with van der Waals surface area (Å²) in [4.78, 5) is 0.373. The smallest absolute Gasteiger partial charge is 0.211 e. The molecule has 1 rings (SSSR count). The molecular weight excluding hydrogens is 294 g/mol. The SMILES string of the molecule is CCCCc1ccc(S(=O)(=O)NCC(CC)CCCC)cc1. The maximum absolute atomic E-state index is 12.3. The van der Waals surface area contributed by atoms with Crippen LogP contribution in [0.5, 0.6) is 0 Å². The Kier molecular flexibility index (Phi) is 8.72. The van der Waals surface area contributed by atoms with E-state index in [1.54, 1.807) is 12.1 Å². The minimum Gasteiger partial charge on any atom is -0.211 e. The third-order valence-corrected chi connectivity index (χ3v) is 5.60. The lowest BCUT2D eigenvalue weighted by Crippen LogP contribution is -2.29. The van der Waals surface area contributed by atoms with E-state index < -0.39 is 10.0 Å². The van der Waals surface area contributed by atoms with Crippen molar-refractivity contribution in [1.82, 2.24) is 4.72 Å². The van der Waals surface area contributed by atoms with E-state index in [9.17, 15) is 8.42 Å². The monoisotopic (exact) mass is 325 g/mol. The first kappa shape index (κ1) is 19.2. The zero-order chi connectivity index (χ0) is 16.4. The molecule has 0 saturated heterocycles. The topological polar surface area (TPSA) is 46.2 Å². The molecule has 0 radical (unpaired) electrons. The second kappa shape index (κ2) is 10.0. The Labute approximate surface area is 136 Å². The standard InChI is InChI=1S/C18H31NO2S/c1-4-7-9-16(6-3)15-19-22(20,21)18-13-11-17(12-14-18)10-8-5-2/h11-14,16,19H,4-10,15H2,1-3H3. The van der Waals surface area contributed by atoms with E-state index in [1.165, 1.54) is 5.56 Å². The molecule has 1 unspecified atom stereocenters. The Balaban J connectivity index is 2.61. The molecule has 0 spiro atoms. The number of nitrogens with one attached hydrogen (secondary N) is 1. The van der Waals surface area contributed by atoms with Gasteiger partial charge in [-0.25, -0.2) is 13.1 Å². The van der Waals surface area contributed by atoms with Crippen molar-refractivity contribution in [2.75, 3.05) is 6.54 Å². The van der Waals surface area contributed by atoms with Gasteiger partial charge in [0.05, 0.1) is 4.90 Å². The summed E-state index contributed by atoms with van der Waals surface area (Å²) >= 11 is 0. The van der Waals surface area contributed by atoms with Crippen LogP contribution in [-0.4, -0.2) is 15.0 Å². The first-order valence-corrected chi connectivity index (χ1v) is 10.1. The highest BCUT2D eigenvalue weighted by atomic mass is 32.2. The minimum atomic E-state index is -3.38. The molecule has 3 nitrogen and oxygen atoms in total. The maximum atomic E-state index is 12.3. The molecule has 4 heteroatoms. The average molecular weight is 326 g/mol. The first-order chi connectivity index (χ1) is 10.5. The molecule has 0 heterocycles.